The Morgan fingerprint density at radius 3 is 2.70 bits per heavy atom. The summed E-state index contributed by atoms with van der Waals surface area (Å²) in [6.07, 6.45) is -2.46. The Bertz CT molecular complexity index is 1640. The van der Waals surface area contributed by atoms with Crippen LogP contribution in [0.1, 0.15) is 6.92 Å². The summed E-state index contributed by atoms with van der Waals surface area (Å²) in [7, 11) is 1.46. The quantitative estimate of drug-likeness (QED) is 0.351. The van der Waals surface area contributed by atoms with Gasteiger partial charge in [-0.3, -0.25) is 9.59 Å². The van der Waals surface area contributed by atoms with Crippen molar-refractivity contribution in [3.63, 3.8) is 0 Å². The molecule has 4 aromatic rings. The number of alkyl halides is 2. The Morgan fingerprint density at radius 2 is 1.97 bits per heavy atom. The smallest absolute Gasteiger partial charge is 0.498 e. The van der Waals surface area contributed by atoms with E-state index in [2.05, 4.69) is 19.4 Å². The number of anilines is 1. The number of benzene rings is 2. The van der Waals surface area contributed by atoms with E-state index < -0.39 is 24.3 Å². The summed E-state index contributed by atoms with van der Waals surface area (Å²) in [5.74, 6) is -0.476. The number of amides is 1. The van der Waals surface area contributed by atoms with Gasteiger partial charge >= 0.3 is 6.29 Å². The second kappa shape index (κ2) is 8.94. The molecule has 1 amide bonds. The maximum absolute atomic E-state index is 13.4. The van der Waals surface area contributed by atoms with E-state index in [1.807, 2.05) is 0 Å². The lowest BCUT2D eigenvalue weighted by molar-refractivity contribution is -0.286. The number of carbonyl (C=O) groups excluding carboxylic acids is 1. The number of furan rings is 1. The van der Waals surface area contributed by atoms with Gasteiger partial charge < -0.3 is 23.5 Å². The van der Waals surface area contributed by atoms with E-state index in [9.17, 15) is 18.4 Å². The van der Waals surface area contributed by atoms with Crippen LogP contribution < -0.4 is 24.7 Å². The lowest BCUT2D eigenvalue weighted by Crippen LogP contribution is -2.37. The molecule has 12 heteroatoms. The molecule has 0 unspecified atom stereocenters. The molecular weight excluding hydrogens is 490 g/mol. The van der Waals surface area contributed by atoms with Gasteiger partial charge in [-0.15, -0.1) is 8.78 Å². The molecule has 0 radical (unpaired) electrons. The number of carbonyl (C=O) groups is 1. The van der Waals surface area contributed by atoms with Crippen LogP contribution in [0, 0.1) is 6.57 Å². The van der Waals surface area contributed by atoms with Crippen LogP contribution in [0.15, 0.2) is 57.9 Å². The molecule has 0 N–H and O–H groups in total. The van der Waals surface area contributed by atoms with Gasteiger partial charge in [-0.05, 0) is 48.9 Å². The van der Waals surface area contributed by atoms with Crippen molar-refractivity contribution in [3.8, 4) is 28.5 Å². The largest absolute Gasteiger partial charge is 0.586 e. The molecule has 0 spiro atoms. The normalized spacial score (nSPS) is 13.4. The van der Waals surface area contributed by atoms with Crippen molar-refractivity contribution in [1.29, 1.82) is 0 Å². The van der Waals surface area contributed by atoms with Crippen molar-refractivity contribution in [3.05, 3.63) is 70.5 Å². The molecule has 5 rings (SSSR count). The minimum atomic E-state index is -3.79. The van der Waals surface area contributed by atoms with Crippen LogP contribution in [0.25, 0.3) is 27.1 Å². The van der Waals surface area contributed by atoms with Crippen LogP contribution in [0.4, 0.5) is 20.2 Å². The SMILES string of the molecule is [C-]#[N+]c1cc(OC)cc(-c2nn(CC(=O)N(CC)c3ccc4c(c3)OC(F)(F)O4)c(=O)c3ccoc23)c1. The van der Waals surface area contributed by atoms with Crippen LogP contribution >= 0.6 is 0 Å². The van der Waals surface area contributed by atoms with Gasteiger partial charge in [0.25, 0.3) is 5.56 Å². The number of fused-ring (bicyclic) bond motifs is 2. The minimum Gasteiger partial charge on any atom is -0.498 e. The van der Waals surface area contributed by atoms with Gasteiger partial charge in [0, 0.05) is 18.3 Å². The summed E-state index contributed by atoms with van der Waals surface area (Å²) in [6.45, 7) is 8.77. The molecule has 1 aliphatic heterocycles. The number of ether oxygens (including phenoxy) is 3. The molecule has 2 aromatic carbocycles. The average Bonchev–Trinajstić information content (AvgIpc) is 3.49. The molecule has 0 saturated carbocycles. The van der Waals surface area contributed by atoms with Crippen molar-refractivity contribution in [2.24, 2.45) is 0 Å². The van der Waals surface area contributed by atoms with Crippen molar-refractivity contribution >= 4 is 28.3 Å². The molecule has 3 heterocycles. The minimum absolute atomic E-state index is 0.151. The van der Waals surface area contributed by atoms with Gasteiger partial charge in [0.05, 0.1) is 25.3 Å². The zero-order valence-electron chi connectivity index (χ0n) is 19.5. The highest BCUT2D eigenvalue weighted by Crippen LogP contribution is 2.43. The first-order valence-corrected chi connectivity index (χ1v) is 11.0. The van der Waals surface area contributed by atoms with Crippen LogP contribution in [0.5, 0.6) is 17.2 Å². The number of rotatable bonds is 6. The standard InChI is InChI=1S/C25H18F2N4O6/c1-4-30(16-5-6-19-20(12-16)37-25(26,27)36-19)21(32)13-31-24(33)18-7-8-35-23(18)22(29-31)14-9-15(28-2)11-17(10-14)34-3/h5-12H,4,13H2,1,3H3. The van der Waals surface area contributed by atoms with Crippen LogP contribution in [0.2, 0.25) is 0 Å². The summed E-state index contributed by atoms with van der Waals surface area (Å²) < 4.78 is 47.5. The molecule has 0 fully saturated rings. The molecule has 0 bridgehead atoms. The van der Waals surface area contributed by atoms with E-state index in [4.69, 9.17) is 15.7 Å². The first-order valence-electron chi connectivity index (χ1n) is 11.0. The molecule has 1 aliphatic rings. The van der Waals surface area contributed by atoms with E-state index in [0.717, 1.165) is 4.68 Å². The number of hydrogen-bond donors (Lipinski definition) is 0. The van der Waals surface area contributed by atoms with E-state index in [1.165, 1.54) is 42.5 Å². The summed E-state index contributed by atoms with van der Waals surface area (Å²) >= 11 is 0. The Hall–Kier alpha value is -4.92. The molecule has 188 valence electrons. The highest BCUT2D eigenvalue weighted by Gasteiger charge is 2.43. The zero-order chi connectivity index (χ0) is 26.3. The number of halogens is 2. The van der Waals surface area contributed by atoms with Crippen LogP contribution in [-0.2, 0) is 11.3 Å². The average molecular weight is 508 g/mol. The van der Waals surface area contributed by atoms with Gasteiger partial charge in [0.1, 0.15) is 18.0 Å². The van der Waals surface area contributed by atoms with E-state index in [-0.39, 0.29) is 46.1 Å². The Morgan fingerprint density at radius 1 is 1.19 bits per heavy atom. The van der Waals surface area contributed by atoms with Crippen molar-refractivity contribution in [1.82, 2.24) is 9.78 Å². The predicted molar refractivity (Wildman–Crippen MR) is 127 cm³/mol. The van der Waals surface area contributed by atoms with Crippen molar-refractivity contribution < 1.29 is 32.2 Å². The maximum Gasteiger partial charge on any atom is 0.586 e. The number of nitrogens with zero attached hydrogens (tertiary/aromatic N) is 4. The summed E-state index contributed by atoms with van der Waals surface area (Å²) in [4.78, 5) is 31.1. The second-order valence-electron chi connectivity index (χ2n) is 7.94. The number of hydrogen-bond acceptors (Lipinski definition) is 7. The third-order valence-corrected chi connectivity index (χ3v) is 5.69. The lowest BCUT2D eigenvalue weighted by atomic mass is 10.1. The van der Waals surface area contributed by atoms with Gasteiger partial charge in [-0.2, -0.15) is 5.10 Å². The van der Waals surface area contributed by atoms with Crippen molar-refractivity contribution in [2.75, 3.05) is 18.6 Å². The monoisotopic (exact) mass is 508 g/mol. The lowest BCUT2D eigenvalue weighted by Gasteiger charge is -2.21. The first-order chi connectivity index (χ1) is 17.7. The molecule has 0 aliphatic carbocycles. The highest BCUT2D eigenvalue weighted by molar-refractivity contribution is 5.94. The van der Waals surface area contributed by atoms with Crippen LogP contribution in [0.3, 0.4) is 0 Å². The van der Waals surface area contributed by atoms with E-state index >= 15 is 0 Å². The zero-order valence-corrected chi connectivity index (χ0v) is 19.5. The first kappa shape index (κ1) is 23.8. The topological polar surface area (TPSA) is 100 Å². The van der Waals surface area contributed by atoms with Gasteiger partial charge in [0.15, 0.2) is 22.8 Å². The Balaban J connectivity index is 1.53. The second-order valence-corrected chi connectivity index (χ2v) is 7.94. The fourth-order valence-electron chi connectivity index (χ4n) is 4.03. The molecule has 37 heavy (non-hydrogen) atoms. The fourth-order valence-corrected chi connectivity index (χ4v) is 4.03. The molecule has 2 aromatic heterocycles. The molecule has 0 saturated heterocycles. The van der Waals surface area contributed by atoms with Crippen molar-refractivity contribution in [2.45, 2.75) is 19.8 Å². The number of aromatic nitrogens is 2. The number of likely N-dealkylation sites (N-methyl/N-ethyl adjacent to an activating group) is 1. The predicted octanol–water partition coefficient (Wildman–Crippen LogP) is 4.59. The van der Waals surface area contributed by atoms with Gasteiger partial charge in [-0.1, -0.05) is 0 Å². The van der Waals surface area contributed by atoms with E-state index in [0.29, 0.717) is 11.3 Å². The van der Waals surface area contributed by atoms with Gasteiger partial charge in [0.2, 0.25) is 5.91 Å². The summed E-state index contributed by atoms with van der Waals surface area (Å²) in [6, 6.07) is 10.2. The van der Waals surface area contributed by atoms with Gasteiger partial charge in [-0.25, -0.2) is 9.53 Å². The maximum atomic E-state index is 13.4. The fraction of sp³-hybridized carbons (Fsp3) is 0.200. The molecule has 10 nitrogen and oxygen atoms in total. The third kappa shape index (κ3) is 4.31. The Kier molecular flexibility index (Phi) is 5.75. The highest BCUT2D eigenvalue weighted by atomic mass is 19.3. The van der Waals surface area contributed by atoms with Crippen LogP contribution in [-0.4, -0.2) is 35.6 Å². The number of methoxy groups -OCH3 is 1. The third-order valence-electron chi connectivity index (χ3n) is 5.69. The molecular formula is C25H18F2N4O6. The Labute approximate surface area is 208 Å². The summed E-state index contributed by atoms with van der Waals surface area (Å²) in [5.41, 5.74) is 0.896. The summed E-state index contributed by atoms with van der Waals surface area (Å²) in [5, 5.41) is 4.57. The molecule has 0 atom stereocenters. The van der Waals surface area contributed by atoms with E-state index in [1.54, 1.807) is 25.1 Å².